The number of phenols is 2. The number of Topliss-reactive ketones (excluding diaryl/α,β-unsaturated/α-hetero) is 1. The van der Waals surface area contributed by atoms with E-state index in [9.17, 15) is 15.0 Å². The summed E-state index contributed by atoms with van der Waals surface area (Å²) in [5, 5.41) is 21.7. The van der Waals surface area contributed by atoms with Crippen LogP contribution in [0, 0.1) is 0 Å². The van der Waals surface area contributed by atoms with E-state index in [-0.39, 0.29) is 23.3 Å². The summed E-state index contributed by atoms with van der Waals surface area (Å²) < 4.78 is 0. The van der Waals surface area contributed by atoms with Crippen LogP contribution in [0.25, 0.3) is 0 Å². The Balaban J connectivity index is 2.99. The highest BCUT2D eigenvalue weighted by Crippen LogP contribution is 2.26. The molecule has 0 saturated carbocycles. The Labute approximate surface area is 101 Å². The van der Waals surface area contributed by atoms with Crippen LogP contribution in [0.3, 0.4) is 0 Å². The number of hydrogen-bond donors (Lipinski definition) is 3. The lowest BCUT2D eigenvalue weighted by molar-refractivity contribution is 0.0873. The first kappa shape index (κ1) is 13.5. The summed E-state index contributed by atoms with van der Waals surface area (Å²) in [6.45, 7) is 7.51. The standard InChI is InChI=1S/C13H19NO3/c1-8(2)14-13(3,4)12(17)9-5-6-10(15)11(16)7-9/h5-8,14-16H,1-4H3. The van der Waals surface area contributed by atoms with Gasteiger partial charge in [-0.15, -0.1) is 0 Å². The largest absolute Gasteiger partial charge is 0.504 e. The van der Waals surface area contributed by atoms with Gasteiger partial charge in [-0.25, -0.2) is 0 Å². The van der Waals surface area contributed by atoms with Gasteiger partial charge in [-0.1, -0.05) is 0 Å². The average Bonchev–Trinajstić information content (AvgIpc) is 2.19. The minimum Gasteiger partial charge on any atom is -0.504 e. The van der Waals surface area contributed by atoms with Crippen LogP contribution in [0.4, 0.5) is 0 Å². The summed E-state index contributed by atoms with van der Waals surface area (Å²) in [4.78, 5) is 12.2. The molecule has 94 valence electrons. The Morgan fingerprint density at radius 3 is 2.29 bits per heavy atom. The van der Waals surface area contributed by atoms with Crippen LogP contribution in [0.15, 0.2) is 18.2 Å². The first-order chi connectivity index (χ1) is 7.74. The normalized spacial score (nSPS) is 11.8. The molecular formula is C13H19NO3. The Hall–Kier alpha value is -1.55. The van der Waals surface area contributed by atoms with Crippen molar-refractivity contribution in [3.05, 3.63) is 23.8 Å². The van der Waals surface area contributed by atoms with E-state index in [0.29, 0.717) is 5.56 Å². The van der Waals surface area contributed by atoms with Crippen LogP contribution in [0.5, 0.6) is 11.5 Å². The molecule has 0 radical (unpaired) electrons. The first-order valence-electron chi connectivity index (χ1n) is 5.58. The van der Waals surface area contributed by atoms with Crippen molar-refractivity contribution in [3.63, 3.8) is 0 Å². The van der Waals surface area contributed by atoms with Gasteiger partial charge in [-0.05, 0) is 45.9 Å². The zero-order valence-electron chi connectivity index (χ0n) is 10.6. The third kappa shape index (κ3) is 3.20. The van der Waals surface area contributed by atoms with Gasteiger partial charge >= 0.3 is 0 Å². The van der Waals surface area contributed by atoms with Gasteiger partial charge in [0.1, 0.15) is 0 Å². The summed E-state index contributed by atoms with van der Waals surface area (Å²) in [7, 11) is 0. The molecule has 0 saturated heterocycles. The molecule has 1 aromatic carbocycles. The molecule has 1 aromatic rings. The van der Waals surface area contributed by atoms with Crippen molar-refractivity contribution in [1.82, 2.24) is 5.32 Å². The lowest BCUT2D eigenvalue weighted by atomic mass is 9.92. The minimum atomic E-state index is -0.711. The fraction of sp³-hybridized carbons (Fsp3) is 0.462. The molecule has 17 heavy (non-hydrogen) atoms. The van der Waals surface area contributed by atoms with Crippen molar-refractivity contribution in [2.24, 2.45) is 0 Å². The van der Waals surface area contributed by atoms with Crippen molar-refractivity contribution in [3.8, 4) is 11.5 Å². The molecule has 0 fully saturated rings. The maximum Gasteiger partial charge on any atom is 0.182 e. The molecule has 3 N–H and O–H groups in total. The molecular weight excluding hydrogens is 218 g/mol. The highest BCUT2D eigenvalue weighted by molar-refractivity contribution is 6.03. The van der Waals surface area contributed by atoms with E-state index in [0.717, 1.165) is 0 Å². The number of aromatic hydroxyl groups is 2. The van der Waals surface area contributed by atoms with Crippen LogP contribution >= 0.6 is 0 Å². The number of carbonyl (C=O) groups is 1. The topological polar surface area (TPSA) is 69.6 Å². The van der Waals surface area contributed by atoms with Crippen LogP contribution in [0.1, 0.15) is 38.1 Å². The predicted octanol–water partition coefficient (Wildman–Crippen LogP) is 2.06. The molecule has 0 aliphatic rings. The van der Waals surface area contributed by atoms with Gasteiger partial charge in [0.25, 0.3) is 0 Å². The van der Waals surface area contributed by atoms with Crippen molar-refractivity contribution in [2.45, 2.75) is 39.3 Å². The molecule has 0 aromatic heterocycles. The number of ketones is 1. The monoisotopic (exact) mass is 237 g/mol. The van der Waals surface area contributed by atoms with Crippen molar-refractivity contribution >= 4 is 5.78 Å². The van der Waals surface area contributed by atoms with Crippen LogP contribution in [0.2, 0.25) is 0 Å². The fourth-order valence-electron chi connectivity index (χ4n) is 1.81. The molecule has 0 amide bonds. The number of nitrogens with one attached hydrogen (secondary N) is 1. The highest BCUT2D eigenvalue weighted by atomic mass is 16.3. The molecule has 0 bridgehead atoms. The molecule has 0 unspecified atom stereocenters. The van der Waals surface area contributed by atoms with Crippen molar-refractivity contribution in [1.29, 1.82) is 0 Å². The lowest BCUT2D eigenvalue weighted by Crippen LogP contribution is -2.49. The van der Waals surface area contributed by atoms with E-state index >= 15 is 0 Å². The Morgan fingerprint density at radius 2 is 1.82 bits per heavy atom. The zero-order chi connectivity index (χ0) is 13.2. The Bertz CT molecular complexity index is 425. The Morgan fingerprint density at radius 1 is 1.24 bits per heavy atom. The van der Waals surface area contributed by atoms with E-state index in [2.05, 4.69) is 5.32 Å². The maximum absolute atomic E-state index is 12.2. The third-order valence-corrected chi connectivity index (χ3v) is 2.45. The van der Waals surface area contributed by atoms with E-state index < -0.39 is 5.54 Å². The second-order valence-corrected chi connectivity index (χ2v) is 4.96. The van der Waals surface area contributed by atoms with Crippen LogP contribution in [-0.4, -0.2) is 27.6 Å². The van der Waals surface area contributed by atoms with Gasteiger partial charge in [-0.2, -0.15) is 0 Å². The van der Waals surface area contributed by atoms with Gasteiger partial charge in [-0.3, -0.25) is 4.79 Å². The molecule has 0 aliphatic carbocycles. The van der Waals surface area contributed by atoms with Gasteiger partial charge in [0.05, 0.1) is 5.54 Å². The minimum absolute atomic E-state index is 0.124. The summed E-state index contributed by atoms with van der Waals surface area (Å²) in [5.74, 6) is -0.631. The number of hydrogen-bond acceptors (Lipinski definition) is 4. The van der Waals surface area contributed by atoms with E-state index in [1.54, 1.807) is 13.8 Å². The van der Waals surface area contributed by atoms with E-state index in [1.165, 1.54) is 18.2 Å². The van der Waals surface area contributed by atoms with Crippen molar-refractivity contribution < 1.29 is 15.0 Å². The molecule has 0 spiro atoms. The molecule has 0 atom stereocenters. The first-order valence-corrected chi connectivity index (χ1v) is 5.58. The highest BCUT2D eigenvalue weighted by Gasteiger charge is 2.29. The third-order valence-electron chi connectivity index (χ3n) is 2.45. The molecule has 0 aliphatic heterocycles. The predicted molar refractivity (Wildman–Crippen MR) is 66.5 cm³/mol. The number of rotatable bonds is 4. The Kier molecular flexibility index (Phi) is 3.78. The lowest BCUT2D eigenvalue weighted by Gasteiger charge is -2.27. The van der Waals surface area contributed by atoms with Crippen LogP contribution < -0.4 is 5.32 Å². The summed E-state index contributed by atoms with van der Waals surface area (Å²) in [6, 6.07) is 4.27. The average molecular weight is 237 g/mol. The van der Waals surface area contributed by atoms with Gasteiger partial charge in [0.15, 0.2) is 17.3 Å². The summed E-state index contributed by atoms with van der Waals surface area (Å²) in [6.07, 6.45) is 0. The van der Waals surface area contributed by atoms with Crippen molar-refractivity contribution in [2.75, 3.05) is 0 Å². The molecule has 4 nitrogen and oxygen atoms in total. The second-order valence-electron chi connectivity index (χ2n) is 4.96. The number of benzene rings is 1. The molecule has 0 heterocycles. The summed E-state index contributed by atoms with van der Waals surface area (Å²) >= 11 is 0. The zero-order valence-corrected chi connectivity index (χ0v) is 10.6. The molecule has 4 heteroatoms. The number of phenolic OH excluding ortho intramolecular Hbond substituents is 2. The van der Waals surface area contributed by atoms with E-state index in [1.807, 2.05) is 13.8 Å². The van der Waals surface area contributed by atoms with Crippen LogP contribution in [-0.2, 0) is 0 Å². The van der Waals surface area contributed by atoms with Gasteiger partial charge in [0.2, 0.25) is 0 Å². The molecule has 1 rings (SSSR count). The number of carbonyl (C=O) groups excluding carboxylic acids is 1. The van der Waals surface area contributed by atoms with Gasteiger partial charge in [0, 0.05) is 11.6 Å². The quantitative estimate of drug-likeness (QED) is 0.554. The SMILES string of the molecule is CC(C)NC(C)(C)C(=O)c1ccc(O)c(O)c1. The second kappa shape index (κ2) is 4.75. The fourth-order valence-corrected chi connectivity index (χ4v) is 1.81. The maximum atomic E-state index is 12.2. The van der Waals surface area contributed by atoms with Gasteiger partial charge < -0.3 is 15.5 Å². The smallest absolute Gasteiger partial charge is 0.182 e. The van der Waals surface area contributed by atoms with E-state index in [4.69, 9.17) is 0 Å². The summed E-state index contributed by atoms with van der Waals surface area (Å²) in [5.41, 5.74) is -0.337.